The second kappa shape index (κ2) is 4.70. The Kier molecular flexibility index (Phi) is 3.19. The van der Waals surface area contributed by atoms with E-state index in [1.54, 1.807) is 0 Å². The molecule has 0 spiro atoms. The van der Waals surface area contributed by atoms with Gasteiger partial charge in [-0.2, -0.15) is 0 Å². The molecule has 2 aliphatic rings. The van der Waals surface area contributed by atoms with Crippen molar-refractivity contribution in [1.29, 1.82) is 0 Å². The van der Waals surface area contributed by atoms with Crippen LogP contribution in [-0.2, 0) is 6.42 Å². The van der Waals surface area contributed by atoms with Crippen molar-refractivity contribution >= 4 is 0 Å². The number of fused-ring (bicyclic) bond motifs is 1. The smallest absolute Gasteiger partial charge is 0.0823 e. The van der Waals surface area contributed by atoms with Crippen LogP contribution in [0.1, 0.15) is 50.3 Å². The van der Waals surface area contributed by atoms with Crippen molar-refractivity contribution in [3.05, 3.63) is 35.4 Å². The first-order valence-corrected chi connectivity index (χ1v) is 7.43. The Balaban J connectivity index is 1.65. The van der Waals surface area contributed by atoms with Gasteiger partial charge in [-0.1, -0.05) is 44.5 Å². The summed E-state index contributed by atoms with van der Waals surface area (Å²) in [4.78, 5) is 0. The van der Waals surface area contributed by atoms with E-state index in [1.165, 1.54) is 24.8 Å². The lowest BCUT2D eigenvalue weighted by Gasteiger charge is -2.14. The van der Waals surface area contributed by atoms with Crippen LogP contribution in [0.5, 0.6) is 0 Å². The van der Waals surface area contributed by atoms with Crippen molar-refractivity contribution in [2.45, 2.75) is 45.6 Å². The molecule has 0 radical (unpaired) electrons. The minimum absolute atomic E-state index is 0.214. The van der Waals surface area contributed by atoms with Crippen molar-refractivity contribution in [1.82, 2.24) is 0 Å². The number of aliphatic hydroxyl groups is 1. The van der Waals surface area contributed by atoms with Gasteiger partial charge in [0, 0.05) is 0 Å². The van der Waals surface area contributed by atoms with Gasteiger partial charge >= 0.3 is 0 Å². The van der Waals surface area contributed by atoms with E-state index < -0.39 is 0 Å². The van der Waals surface area contributed by atoms with Crippen molar-refractivity contribution < 1.29 is 5.11 Å². The number of rotatable bonds is 4. The Labute approximate surface area is 110 Å². The highest BCUT2D eigenvalue weighted by Crippen LogP contribution is 2.62. The highest BCUT2D eigenvalue weighted by molar-refractivity contribution is 5.26. The summed E-state index contributed by atoms with van der Waals surface area (Å²) in [6, 6.07) is 8.65. The third-order valence-electron chi connectivity index (χ3n) is 4.80. The van der Waals surface area contributed by atoms with Crippen molar-refractivity contribution in [2.75, 3.05) is 0 Å². The normalized spacial score (nSPS) is 31.4. The maximum Gasteiger partial charge on any atom is 0.0823 e. The molecule has 1 heteroatoms. The fraction of sp³-hybridized carbons (Fsp3) is 0.647. The lowest BCUT2D eigenvalue weighted by Crippen LogP contribution is -2.04. The van der Waals surface area contributed by atoms with Gasteiger partial charge in [0.15, 0.2) is 0 Å². The molecule has 0 bridgehead atoms. The summed E-state index contributed by atoms with van der Waals surface area (Å²) < 4.78 is 0. The molecule has 2 aliphatic carbocycles. The van der Waals surface area contributed by atoms with Gasteiger partial charge in [-0.25, -0.2) is 0 Å². The number of aliphatic hydroxyl groups excluding tert-OH is 1. The Bertz CT molecular complexity index is 396. The van der Waals surface area contributed by atoms with Gasteiger partial charge in [-0.05, 0) is 54.1 Å². The lowest BCUT2D eigenvalue weighted by atomic mass is 9.96. The monoisotopic (exact) mass is 244 g/mol. The summed E-state index contributed by atoms with van der Waals surface area (Å²) in [5, 5.41) is 10.4. The molecule has 0 heterocycles. The molecule has 0 aromatic heterocycles. The quantitative estimate of drug-likeness (QED) is 0.850. The molecule has 3 rings (SSSR count). The average Bonchev–Trinajstić information content (AvgIpc) is 2.81. The molecule has 2 saturated carbocycles. The van der Waals surface area contributed by atoms with Crippen LogP contribution in [0.3, 0.4) is 0 Å². The summed E-state index contributed by atoms with van der Waals surface area (Å²) in [6.45, 7) is 4.49. The van der Waals surface area contributed by atoms with Gasteiger partial charge in [0.1, 0.15) is 0 Å². The van der Waals surface area contributed by atoms with Gasteiger partial charge in [-0.3, -0.25) is 0 Å². The third kappa shape index (κ3) is 2.21. The lowest BCUT2D eigenvalue weighted by molar-refractivity contribution is 0.137. The molecule has 0 amide bonds. The zero-order valence-electron chi connectivity index (χ0n) is 11.5. The van der Waals surface area contributed by atoms with E-state index in [9.17, 15) is 5.11 Å². The zero-order valence-corrected chi connectivity index (χ0v) is 11.5. The molecule has 0 aliphatic heterocycles. The molecular weight excluding hydrogens is 220 g/mol. The highest BCUT2D eigenvalue weighted by atomic mass is 16.3. The summed E-state index contributed by atoms with van der Waals surface area (Å²) in [7, 11) is 0. The molecule has 1 nitrogen and oxygen atoms in total. The second-order valence-corrected chi connectivity index (χ2v) is 6.62. The maximum absolute atomic E-state index is 10.4. The van der Waals surface area contributed by atoms with Crippen LogP contribution in [0.2, 0.25) is 0 Å². The van der Waals surface area contributed by atoms with E-state index in [0.717, 1.165) is 23.8 Å². The summed E-state index contributed by atoms with van der Waals surface area (Å²) in [5.41, 5.74) is 2.51. The van der Waals surface area contributed by atoms with Crippen molar-refractivity contribution in [2.24, 2.45) is 23.7 Å². The molecular formula is C17H24O. The summed E-state index contributed by atoms with van der Waals surface area (Å²) in [5.74, 6) is 2.92. The fourth-order valence-corrected chi connectivity index (χ4v) is 3.89. The van der Waals surface area contributed by atoms with Crippen molar-refractivity contribution in [3.8, 4) is 0 Å². The second-order valence-electron chi connectivity index (χ2n) is 6.62. The van der Waals surface area contributed by atoms with Crippen LogP contribution >= 0.6 is 0 Å². The van der Waals surface area contributed by atoms with E-state index in [1.807, 2.05) is 0 Å². The van der Waals surface area contributed by atoms with Crippen molar-refractivity contribution in [3.63, 3.8) is 0 Å². The molecule has 0 saturated heterocycles. The summed E-state index contributed by atoms with van der Waals surface area (Å²) >= 11 is 0. The van der Waals surface area contributed by atoms with Crippen LogP contribution in [0.25, 0.3) is 0 Å². The van der Waals surface area contributed by atoms with Crippen LogP contribution in [0.15, 0.2) is 24.3 Å². The van der Waals surface area contributed by atoms with E-state index >= 15 is 0 Å². The topological polar surface area (TPSA) is 20.2 Å². The van der Waals surface area contributed by atoms with E-state index in [-0.39, 0.29) is 6.10 Å². The average molecular weight is 244 g/mol. The van der Waals surface area contributed by atoms with E-state index in [4.69, 9.17) is 0 Å². The Morgan fingerprint density at radius 2 is 1.72 bits per heavy atom. The minimum Gasteiger partial charge on any atom is -0.388 e. The van der Waals surface area contributed by atoms with Gasteiger partial charge < -0.3 is 5.11 Å². The van der Waals surface area contributed by atoms with Gasteiger partial charge in [-0.15, -0.1) is 0 Å². The van der Waals surface area contributed by atoms with E-state index in [0.29, 0.717) is 11.8 Å². The Morgan fingerprint density at radius 3 is 2.28 bits per heavy atom. The highest BCUT2D eigenvalue weighted by Gasteiger charge is 2.55. The molecule has 1 N–H and O–H groups in total. The van der Waals surface area contributed by atoms with Gasteiger partial charge in [0.25, 0.3) is 0 Å². The predicted octanol–water partition coefficient (Wildman–Crippen LogP) is 3.96. The SMILES string of the molecule is CC(C)Cc1ccc(C(O)C2C3CCCC32)cc1. The predicted molar refractivity (Wildman–Crippen MR) is 74.3 cm³/mol. The molecule has 3 atom stereocenters. The number of hydrogen-bond acceptors (Lipinski definition) is 1. The largest absolute Gasteiger partial charge is 0.388 e. The fourth-order valence-electron chi connectivity index (χ4n) is 3.89. The van der Waals surface area contributed by atoms with Crippen LogP contribution in [0.4, 0.5) is 0 Å². The molecule has 98 valence electrons. The Hall–Kier alpha value is -0.820. The first-order chi connectivity index (χ1) is 8.66. The third-order valence-corrected chi connectivity index (χ3v) is 4.80. The molecule has 18 heavy (non-hydrogen) atoms. The molecule has 1 aromatic rings. The minimum atomic E-state index is -0.214. The standard InChI is InChI=1S/C17H24O/c1-11(2)10-12-6-8-13(9-7-12)17(18)16-14-4-3-5-15(14)16/h6-9,11,14-18H,3-5,10H2,1-2H3. The molecule has 3 unspecified atom stereocenters. The number of benzene rings is 1. The van der Waals surface area contributed by atoms with Gasteiger partial charge in [0.2, 0.25) is 0 Å². The summed E-state index contributed by atoms with van der Waals surface area (Å²) in [6.07, 6.45) is 4.99. The first-order valence-electron chi connectivity index (χ1n) is 7.43. The molecule has 1 aromatic carbocycles. The van der Waals surface area contributed by atoms with E-state index in [2.05, 4.69) is 38.1 Å². The van der Waals surface area contributed by atoms with Gasteiger partial charge in [0.05, 0.1) is 6.10 Å². The van der Waals surface area contributed by atoms with Crippen LogP contribution in [0, 0.1) is 23.7 Å². The molecule has 2 fully saturated rings. The zero-order chi connectivity index (χ0) is 12.7. The van der Waals surface area contributed by atoms with Crippen LogP contribution < -0.4 is 0 Å². The number of hydrogen-bond donors (Lipinski definition) is 1. The van der Waals surface area contributed by atoms with Crippen LogP contribution in [-0.4, -0.2) is 5.11 Å². The first kappa shape index (κ1) is 12.2. The maximum atomic E-state index is 10.4. The Morgan fingerprint density at radius 1 is 1.11 bits per heavy atom.